The van der Waals surface area contributed by atoms with Crippen molar-refractivity contribution in [2.24, 2.45) is 0 Å². The Bertz CT molecular complexity index is 593. The summed E-state index contributed by atoms with van der Waals surface area (Å²) in [6.45, 7) is 4.37. The summed E-state index contributed by atoms with van der Waals surface area (Å²) < 4.78 is 43.0. The molecule has 0 amide bonds. The van der Waals surface area contributed by atoms with Gasteiger partial charge in [0, 0.05) is 12.2 Å². The molecule has 114 valence electrons. The van der Waals surface area contributed by atoms with E-state index in [2.05, 4.69) is 15.0 Å². The highest BCUT2D eigenvalue weighted by Crippen LogP contribution is 2.30. The van der Waals surface area contributed by atoms with Gasteiger partial charge >= 0.3 is 6.36 Å². The van der Waals surface area contributed by atoms with Crippen molar-refractivity contribution in [2.75, 3.05) is 5.32 Å². The Hall–Kier alpha value is -2.18. The van der Waals surface area contributed by atoms with Crippen molar-refractivity contribution < 1.29 is 17.9 Å². The second kappa shape index (κ2) is 6.07. The molecule has 0 radical (unpaired) electrons. The smallest absolute Gasteiger partial charge is 0.404 e. The number of aromatic nitrogens is 2. The van der Waals surface area contributed by atoms with Crippen LogP contribution in [0, 0.1) is 0 Å². The van der Waals surface area contributed by atoms with Crippen molar-refractivity contribution in [3.05, 3.63) is 42.5 Å². The van der Waals surface area contributed by atoms with E-state index < -0.39 is 6.36 Å². The number of nitrogens with zero attached hydrogens (tertiary/aromatic N) is 2. The largest absolute Gasteiger partial charge is 0.573 e. The van der Waals surface area contributed by atoms with Crippen molar-refractivity contribution in [3.8, 4) is 5.75 Å². The standard InChI is InChI=1S/C14H16F3N3O/c1-10(2)20-9-18-7-11(20)8-19-12-5-3-4-6-13(12)21-14(15,16)17/h3-7,9-10,19H,8H2,1-2H3. The SMILES string of the molecule is CC(C)n1cncc1CNc1ccccc1OC(F)(F)F. The molecule has 7 heteroatoms. The summed E-state index contributed by atoms with van der Waals surface area (Å²) in [5.74, 6) is -0.249. The molecule has 1 aromatic carbocycles. The number of hydrogen-bond acceptors (Lipinski definition) is 3. The van der Waals surface area contributed by atoms with E-state index in [0.717, 1.165) is 5.69 Å². The monoisotopic (exact) mass is 299 g/mol. The average molecular weight is 299 g/mol. The Labute approximate surface area is 120 Å². The van der Waals surface area contributed by atoms with Crippen molar-refractivity contribution >= 4 is 5.69 Å². The summed E-state index contributed by atoms with van der Waals surface area (Å²) in [5.41, 5.74) is 1.16. The van der Waals surface area contributed by atoms with Crippen LogP contribution in [0.5, 0.6) is 5.75 Å². The van der Waals surface area contributed by atoms with E-state index in [1.807, 2.05) is 18.4 Å². The fraction of sp³-hybridized carbons (Fsp3) is 0.357. The number of nitrogens with one attached hydrogen (secondary N) is 1. The van der Waals surface area contributed by atoms with Crippen LogP contribution in [-0.2, 0) is 6.54 Å². The number of anilines is 1. The van der Waals surface area contributed by atoms with Gasteiger partial charge in [-0.05, 0) is 26.0 Å². The highest BCUT2D eigenvalue weighted by molar-refractivity contribution is 5.56. The summed E-state index contributed by atoms with van der Waals surface area (Å²) >= 11 is 0. The number of benzene rings is 1. The van der Waals surface area contributed by atoms with Crippen molar-refractivity contribution in [1.29, 1.82) is 0 Å². The lowest BCUT2D eigenvalue weighted by Gasteiger charge is -2.16. The maximum absolute atomic E-state index is 12.3. The molecule has 2 aromatic rings. The fourth-order valence-corrected chi connectivity index (χ4v) is 1.95. The Morgan fingerprint density at radius 3 is 2.67 bits per heavy atom. The van der Waals surface area contributed by atoms with Gasteiger partial charge in [0.15, 0.2) is 5.75 Å². The molecule has 0 fully saturated rings. The van der Waals surface area contributed by atoms with Crippen LogP contribution in [-0.4, -0.2) is 15.9 Å². The molecular formula is C14H16F3N3O. The normalized spacial score (nSPS) is 11.7. The van der Waals surface area contributed by atoms with E-state index in [0.29, 0.717) is 6.54 Å². The van der Waals surface area contributed by atoms with Gasteiger partial charge in [0.1, 0.15) is 0 Å². The van der Waals surface area contributed by atoms with Gasteiger partial charge in [-0.25, -0.2) is 4.98 Å². The molecule has 1 aromatic heterocycles. The van der Waals surface area contributed by atoms with Crippen LogP contribution in [0.15, 0.2) is 36.8 Å². The van der Waals surface area contributed by atoms with Crippen LogP contribution < -0.4 is 10.1 Å². The van der Waals surface area contributed by atoms with Gasteiger partial charge in [0.05, 0.1) is 24.3 Å². The number of imidazole rings is 1. The number of halogens is 3. The van der Waals surface area contributed by atoms with Gasteiger partial charge in [-0.1, -0.05) is 12.1 Å². The molecule has 0 unspecified atom stereocenters. The first-order valence-corrected chi connectivity index (χ1v) is 6.46. The number of hydrogen-bond donors (Lipinski definition) is 1. The highest BCUT2D eigenvalue weighted by Gasteiger charge is 2.32. The zero-order chi connectivity index (χ0) is 15.5. The van der Waals surface area contributed by atoms with Gasteiger partial charge in [-0.15, -0.1) is 13.2 Å². The van der Waals surface area contributed by atoms with E-state index >= 15 is 0 Å². The third-order valence-electron chi connectivity index (χ3n) is 2.88. The fourth-order valence-electron chi connectivity index (χ4n) is 1.95. The van der Waals surface area contributed by atoms with E-state index in [1.54, 1.807) is 18.6 Å². The first-order chi connectivity index (χ1) is 9.87. The Morgan fingerprint density at radius 1 is 1.29 bits per heavy atom. The predicted molar refractivity (Wildman–Crippen MR) is 73.1 cm³/mol. The van der Waals surface area contributed by atoms with Crippen LogP contribution >= 0.6 is 0 Å². The highest BCUT2D eigenvalue weighted by atomic mass is 19.4. The van der Waals surface area contributed by atoms with Gasteiger partial charge in [0.2, 0.25) is 0 Å². The average Bonchev–Trinajstić information content (AvgIpc) is 2.84. The quantitative estimate of drug-likeness (QED) is 0.908. The zero-order valence-corrected chi connectivity index (χ0v) is 11.7. The molecule has 0 saturated heterocycles. The third kappa shape index (κ3) is 4.14. The second-order valence-corrected chi connectivity index (χ2v) is 4.78. The first kappa shape index (κ1) is 15.2. The van der Waals surface area contributed by atoms with Gasteiger partial charge in [0.25, 0.3) is 0 Å². The summed E-state index contributed by atoms with van der Waals surface area (Å²) in [7, 11) is 0. The van der Waals surface area contributed by atoms with E-state index in [9.17, 15) is 13.2 Å². The summed E-state index contributed by atoms with van der Waals surface area (Å²) in [5, 5.41) is 2.95. The Morgan fingerprint density at radius 2 is 2.00 bits per heavy atom. The minimum atomic E-state index is -4.71. The zero-order valence-electron chi connectivity index (χ0n) is 11.7. The van der Waals surface area contributed by atoms with E-state index in [-0.39, 0.29) is 17.5 Å². The van der Waals surface area contributed by atoms with E-state index in [1.165, 1.54) is 18.2 Å². The van der Waals surface area contributed by atoms with Crippen molar-refractivity contribution in [2.45, 2.75) is 32.8 Å². The molecule has 21 heavy (non-hydrogen) atoms. The molecule has 0 bridgehead atoms. The molecule has 2 rings (SSSR count). The molecular weight excluding hydrogens is 283 g/mol. The summed E-state index contributed by atoms with van der Waals surface area (Å²) in [6.07, 6.45) is -1.34. The van der Waals surface area contributed by atoms with Crippen LogP contribution in [0.25, 0.3) is 0 Å². The maximum atomic E-state index is 12.3. The minimum absolute atomic E-state index is 0.228. The molecule has 1 N–H and O–H groups in total. The molecule has 0 aliphatic carbocycles. The lowest BCUT2D eigenvalue weighted by atomic mass is 10.3. The molecule has 0 atom stereocenters. The van der Waals surface area contributed by atoms with Crippen LogP contribution in [0.3, 0.4) is 0 Å². The van der Waals surface area contributed by atoms with Crippen LogP contribution in [0.4, 0.5) is 18.9 Å². The first-order valence-electron chi connectivity index (χ1n) is 6.46. The molecule has 0 aliphatic rings. The van der Waals surface area contributed by atoms with Crippen molar-refractivity contribution in [1.82, 2.24) is 9.55 Å². The summed E-state index contributed by atoms with van der Waals surface area (Å²) in [4.78, 5) is 4.05. The molecule has 0 saturated carbocycles. The molecule has 0 spiro atoms. The number of alkyl halides is 3. The molecule has 1 heterocycles. The topological polar surface area (TPSA) is 39.1 Å². The predicted octanol–water partition coefficient (Wildman–Crippen LogP) is 3.97. The number of rotatable bonds is 5. The van der Waals surface area contributed by atoms with Crippen molar-refractivity contribution in [3.63, 3.8) is 0 Å². The second-order valence-electron chi connectivity index (χ2n) is 4.78. The van der Waals surface area contributed by atoms with Crippen LogP contribution in [0.1, 0.15) is 25.6 Å². The number of ether oxygens (including phenoxy) is 1. The third-order valence-corrected chi connectivity index (χ3v) is 2.88. The molecule has 4 nitrogen and oxygen atoms in total. The lowest BCUT2D eigenvalue weighted by molar-refractivity contribution is -0.274. The maximum Gasteiger partial charge on any atom is 0.573 e. The Balaban J connectivity index is 2.11. The summed E-state index contributed by atoms with van der Waals surface area (Å²) in [6, 6.07) is 6.17. The van der Waals surface area contributed by atoms with Gasteiger partial charge < -0.3 is 14.6 Å². The van der Waals surface area contributed by atoms with Gasteiger partial charge in [-0.2, -0.15) is 0 Å². The minimum Gasteiger partial charge on any atom is -0.404 e. The Kier molecular flexibility index (Phi) is 4.40. The lowest BCUT2D eigenvalue weighted by Crippen LogP contribution is -2.18. The van der Waals surface area contributed by atoms with Gasteiger partial charge in [-0.3, -0.25) is 0 Å². The number of para-hydroxylation sites is 2. The van der Waals surface area contributed by atoms with E-state index in [4.69, 9.17) is 0 Å². The van der Waals surface area contributed by atoms with Crippen LogP contribution in [0.2, 0.25) is 0 Å². The molecule has 0 aliphatic heterocycles.